The number of hydrogen-bond acceptors (Lipinski definition) is 13. The summed E-state index contributed by atoms with van der Waals surface area (Å²) in [5.41, 5.74) is 2.67. The molecule has 3 aromatic heterocycles. The standard InChI is InChI=1S/C31H39N11O4/c1-22(19-41-21-35-38-39-41)46-29-15-23(3-4-24(29)16-32)25-17-33-31(34-18-25)36-28-20-42(37-30(28)45-12-2-11-43)27-7-5-26(6-8-27)40-9-13-44-14-10-40/h3-4,15,17-18,20-22,26-27,43H,2,5-14,19H2,1H3,(H,33,34,36)/t22-,26?,27?/m0/s1. The molecule has 46 heavy (non-hydrogen) atoms. The van der Waals surface area contributed by atoms with Crippen LogP contribution in [0.3, 0.4) is 0 Å². The first kappa shape index (κ1) is 31.3. The number of anilines is 2. The summed E-state index contributed by atoms with van der Waals surface area (Å²) in [7, 11) is 0. The molecule has 0 spiro atoms. The lowest BCUT2D eigenvalue weighted by molar-refractivity contribution is 0.00503. The number of aliphatic hydroxyl groups is 1. The van der Waals surface area contributed by atoms with Gasteiger partial charge in [0.1, 0.15) is 29.9 Å². The van der Waals surface area contributed by atoms with Crippen LogP contribution in [0.15, 0.2) is 43.1 Å². The predicted octanol–water partition coefficient (Wildman–Crippen LogP) is 2.99. The molecule has 0 radical (unpaired) electrons. The summed E-state index contributed by atoms with van der Waals surface area (Å²) in [5, 5.41) is 38.1. The van der Waals surface area contributed by atoms with Crippen molar-refractivity contribution in [2.45, 2.75) is 63.8 Å². The van der Waals surface area contributed by atoms with Crippen LogP contribution in [0.5, 0.6) is 11.6 Å². The molecule has 15 heteroatoms. The smallest absolute Gasteiger partial charge is 0.256 e. The number of benzene rings is 1. The van der Waals surface area contributed by atoms with Crippen LogP contribution in [0.4, 0.5) is 11.6 Å². The van der Waals surface area contributed by atoms with Gasteiger partial charge >= 0.3 is 0 Å². The van der Waals surface area contributed by atoms with Gasteiger partial charge in [0.15, 0.2) is 0 Å². The molecule has 0 bridgehead atoms. The molecule has 2 aliphatic rings. The molecule has 242 valence electrons. The zero-order valence-corrected chi connectivity index (χ0v) is 25.9. The van der Waals surface area contributed by atoms with E-state index in [4.69, 9.17) is 19.3 Å². The average molecular weight is 630 g/mol. The van der Waals surface area contributed by atoms with Gasteiger partial charge in [0.05, 0.1) is 44.2 Å². The van der Waals surface area contributed by atoms with Gasteiger partial charge < -0.3 is 24.6 Å². The maximum atomic E-state index is 9.63. The van der Waals surface area contributed by atoms with Crippen LogP contribution < -0.4 is 14.8 Å². The number of nitrogens with zero attached hydrogens (tertiary/aromatic N) is 10. The third kappa shape index (κ3) is 7.76. The fourth-order valence-corrected chi connectivity index (χ4v) is 5.95. The van der Waals surface area contributed by atoms with Crippen molar-refractivity contribution in [3.63, 3.8) is 0 Å². The Labute approximate surface area is 267 Å². The Hall–Kier alpha value is -4.65. The topological polar surface area (TPSA) is 174 Å². The Kier molecular flexibility index (Phi) is 10.3. The van der Waals surface area contributed by atoms with Crippen LogP contribution in [-0.4, -0.2) is 102 Å². The third-order valence-electron chi connectivity index (χ3n) is 8.34. The van der Waals surface area contributed by atoms with E-state index in [1.807, 2.05) is 29.9 Å². The second kappa shape index (κ2) is 15.1. The van der Waals surface area contributed by atoms with Crippen LogP contribution in [0.25, 0.3) is 11.1 Å². The fraction of sp³-hybridized carbons (Fsp3) is 0.516. The first-order valence-electron chi connectivity index (χ1n) is 15.7. The summed E-state index contributed by atoms with van der Waals surface area (Å²) in [4.78, 5) is 11.7. The Morgan fingerprint density at radius 2 is 1.89 bits per heavy atom. The lowest BCUT2D eigenvalue weighted by Crippen LogP contribution is -2.45. The number of rotatable bonds is 13. The Balaban J connectivity index is 1.13. The molecule has 1 saturated carbocycles. The van der Waals surface area contributed by atoms with Crippen LogP contribution >= 0.6 is 0 Å². The van der Waals surface area contributed by atoms with Gasteiger partial charge in [0, 0.05) is 50.1 Å². The minimum absolute atomic E-state index is 0.0416. The van der Waals surface area contributed by atoms with Crippen LogP contribution in [-0.2, 0) is 11.3 Å². The van der Waals surface area contributed by atoms with Gasteiger partial charge in [-0.3, -0.25) is 9.58 Å². The molecule has 1 saturated heterocycles. The lowest BCUT2D eigenvalue weighted by atomic mass is 9.90. The van der Waals surface area contributed by atoms with E-state index in [9.17, 15) is 10.4 Å². The number of tetrazole rings is 1. The second-order valence-corrected chi connectivity index (χ2v) is 11.6. The highest BCUT2D eigenvalue weighted by Gasteiger charge is 2.29. The van der Waals surface area contributed by atoms with Crippen molar-refractivity contribution in [1.82, 2.24) is 44.9 Å². The number of nitriles is 1. The number of hydrogen-bond donors (Lipinski definition) is 2. The quantitative estimate of drug-likeness (QED) is 0.207. The number of nitrogens with one attached hydrogen (secondary N) is 1. The average Bonchev–Trinajstić information content (AvgIpc) is 3.75. The second-order valence-electron chi connectivity index (χ2n) is 11.6. The van der Waals surface area contributed by atoms with Crippen molar-refractivity contribution >= 4 is 11.6 Å². The monoisotopic (exact) mass is 629 g/mol. The Morgan fingerprint density at radius 3 is 2.61 bits per heavy atom. The van der Waals surface area contributed by atoms with Gasteiger partial charge in [0.2, 0.25) is 5.95 Å². The van der Waals surface area contributed by atoms with Crippen molar-refractivity contribution in [2.75, 3.05) is 44.8 Å². The largest absolute Gasteiger partial charge is 0.487 e. The summed E-state index contributed by atoms with van der Waals surface area (Å²) in [5.74, 6) is 1.31. The zero-order valence-electron chi connectivity index (χ0n) is 25.9. The fourth-order valence-electron chi connectivity index (χ4n) is 5.95. The van der Waals surface area contributed by atoms with Gasteiger partial charge in [-0.05, 0) is 60.7 Å². The number of ether oxygens (including phenoxy) is 3. The Morgan fingerprint density at radius 1 is 1.11 bits per heavy atom. The molecular formula is C31H39N11O4. The molecule has 2 N–H and O–H groups in total. The molecule has 1 atom stereocenters. The first-order chi connectivity index (χ1) is 22.6. The summed E-state index contributed by atoms with van der Waals surface area (Å²) >= 11 is 0. The summed E-state index contributed by atoms with van der Waals surface area (Å²) in [6.07, 6.45) is 11.5. The SMILES string of the molecule is C[C@@H](Cn1cnnn1)Oc1cc(-c2cnc(Nc3cn(C4CCC(N5CCOCC5)CC4)nc3OCCCO)nc2)ccc1C#N. The van der Waals surface area contributed by atoms with Crippen molar-refractivity contribution < 1.29 is 19.3 Å². The molecular weight excluding hydrogens is 590 g/mol. The molecule has 15 nitrogen and oxygen atoms in total. The molecule has 0 amide bonds. The number of aromatic nitrogens is 8. The molecule has 1 aliphatic carbocycles. The summed E-state index contributed by atoms with van der Waals surface area (Å²) in [6, 6.07) is 8.44. The third-order valence-corrected chi connectivity index (χ3v) is 8.34. The van der Waals surface area contributed by atoms with Gasteiger partial charge in [0.25, 0.3) is 5.88 Å². The lowest BCUT2D eigenvalue weighted by Gasteiger charge is -2.38. The van der Waals surface area contributed by atoms with Crippen LogP contribution in [0, 0.1) is 11.3 Å². The first-order valence-corrected chi connectivity index (χ1v) is 15.7. The summed E-state index contributed by atoms with van der Waals surface area (Å²) < 4.78 is 21.1. The van der Waals surface area contributed by atoms with Gasteiger partial charge in [-0.1, -0.05) is 6.07 Å². The van der Waals surface area contributed by atoms with E-state index >= 15 is 0 Å². The molecule has 4 aromatic rings. The predicted molar refractivity (Wildman–Crippen MR) is 166 cm³/mol. The maximum Gasteiger partial charge on any atom is 0.256 e. The van der Waals surface area contributed by atoms with E-state index in [0.29, 0.717) is 54.4 Å². The van der Waals surface area contributed by atoms with Gasteiger partial charge in [-0.15, -0.1) is 10.2 Å². The maximum absolute atomic E-state index is 9.63. The van der Waals surface area contributed by atoms with Gasteiger partial charge in [-0.2, -0.15) is 5.26 Å². The molecule has 1 aromatic carbocycles. The van der Waals surface area contributed by atoms with Crippen molar-refractivity contribution in [3.05, 3.63) is 48.7 Å². The molecule has 6 rings (SSSR count). The van der Waals surface area contributed by atoms with E-state index in [1.165, 1.54) is 6.33 Å². The van der Waals surface area contributed by atoms with Gasteiger partial charge in [-0.25, -0.2) is 14.6 Å². The minimum Gasteiger partial charge on any atom is -0.487 e. The van der Waals surface area contributed by atoms with E-state index in [-0.39, 0.29) is 18.8 Å². The van der Waals surface area contributed by atoms with E-state index in [1.54, 1.807) is 23.1 Å². The highest BCUT2D eigenvalue weighted by atomic mass is 16.5. The van der Waals surface area contributed by atoms with Crippen LogP contribution in [0.1, 0.15) is 50.6 Å². The highest BCUT2D eigenvalue weighted by Crippen LogP contribution is 2.35. The van der Waals surface area contributed by atoms with Crippen molar-refractivity contribution in [2.24, 2.45) is 0 Å². The van der Waals surface area contributed by atoms with Crippen molar-refractivity contribution in [1.29, 1.82) is 5.26 Å². The van der Waals surface area contributed by atoms with E-state index in [0.717, 1.165) is 63.1 Å². The number of morpholine rings is 1. The summed E-state index contributed by atoms with van der Waals surface area (Å²) in [6.45, 7) is 6.37. The molecule has 2 fully saturated rings. The highest BCUT2D eigenvalue weighted by molar-refractivity contribution is 5.67. The normalized spacial score (nSPS) is 19.3. The zero-order chi connectivity index (χ0) is 31.7. The Bertz CT molecular complexity index is 1570. The van der Waals surface area contributed by atoms with E-state index < -0.39 is 0 Å². The molecule has 4 heterocycles. The number of aliphatic hydroxyl groups excluding tert-OH is 1. The molecule has 1 aliphatic heterocycles. The molecule has 0 unspecified atom stereocenters. The van der Waals surface area contributed by atoms with E-state index in [2.05, 4.69) is 41.8 Å². The van der Waals surface area contributed by atoms with Crippen molar-refractivity contribution in [3.8, 4) is 28.8 Å². The minimum atomic E-state index is -0.275. The van der Waals surface area contributed by atoms with Crippen LogP contribution in [0.2, 0.25) is 0 Å².